The fraction of sp³-hybridized carbons (Fsp3) is 0.125. The number of aromatic nitrogens is 2. The second kappa shape index (κ2) is 5.11. The first-order valence-electron chi connectivity index (χ1n) is 6.92. The zero-order valence-corrected chi connectivity index (χ0v) is 14.0. The van der Waals surface area contributed by atoms with E-state index in [9.17, 15) is 4.79 Å². The molecule has 5 nitrogen and oxygen atoms in total. The average Bonchev–Trinajstić information content (AvgIpc) is 3.11. The number of fused-ring (bicyclic) bond motifs is 2. The lowest BCUT2D eigenvalue weighted by Crippen LogP contribution is -2.03. The van der Waals surface area contributed by atoms with Crippen LogP contribution in [0.15, 0.2) is 24.4 Å². The summed E-state index contributed by atoms with van der Waals surface area (Å²) in [7, 11) is 1.60. The van der Waals surface area contributed by atoms with Crippen molar-refractivity contribution in [3.05, 3.63) is 45.7 Å². The van der Waals surface area contributed by atoms with E-state index < -0.39 is 0 Å². The minimum atomic E-state index is -0.161. The van der Waals surface area contributed by atoms with E-state index in [0.717, 1.165) is 21.1 Å². The quantitative estimate of drug-likeness (QED) is 0.717. The van der Waals surface area contributed by atoms with Gasteiger partial charge in [0.2, 0.25) is 0 Å². The number of rotatable bonds is 2. The van der Waals surface area contributed by atoms with Gasteiger partial charge in [-0.05, 0) is 31.2 Å². The van der Waals surface area contributed by atoms with Crippen LogP contribution in [-0.4, -0.2) is 22.4 Å². The number of amides is 1. The molecule has 2 aromatic heterocycles. The number of benzene rings is 1. The lowest BCUT2D eigenvalue weighted by atomic mass is 10.1. The third-order valence-electron chi connectivity index (χ3n) is 3.72. The van der Waals surface area contributed by atoms with Crippen molar-refractivity contribution in [2.45, 2.75) is 6.92 Å². The van der Waals surface area contributed by atoms with Crippen molar-refractivity contribution in [2.75, 3.05) is 12.4 Å². The Hall–Kier alpha value is -2.31. The molecule has 3 aromatic rings. The molecule has 0 saturated carbocycles. The molecule has 4 rings (SSSR count). The van der Waals surface area contributed by atoms with Gasteiger partial charge in [-0.25, -0.2) is 4.98 Å². The highest BCUT2D eigenvalue weighted by atomic mass is 35.5. The minimum absolute atomic E-state index is 0.161. The van der Waals surface area contributed by atoms with Crippen molar-refractivity contribution in [1.82, 2.24) is 9.38 Å². The monoisotopic (exact) mass is 345 g/mol. The van der Waals surface area contributed by atoms with E-state index in [1.54, 1.807) is 24.5 Å². The average molecular weight is 346 g/mol. The van der Waals surface area contributed by atoms with Crippen LogP contribution in [0.3, 0.4) is 0 Å². The molecule has 1 amide bonds. The zero-order chi connectivity index (χ0) is 16.1. The van der Waals surface area contributed by atoms with Gasteiger partial charge < -0.3 is 10.1 Å². The highest BCUT2D eigenvalue weighted by molar-refractivity contribution is 7.17. The van der Waals surface area contributed by atoms with Gasteiger partial charge in [-0.15, -0.1) is 11.3 Å². The molecule has 0 radical (unpaired) electrons. The van der Waals surface area contributed by atoms with E-state index >= 15 is 0 Å². The number of nitrogens with zero attached hydrogens (tertiary/aromatic N) is 2. The molecule has 0 spiro atoms. The van der Waals surface area contributed by atoms with Crippen molar-refractivity contribution in [3.63, 3.8) is 0 Å². The van der Waals surface area contributed by atoms with E-state index in [1.807, 2.05) is 35.7 Å². The summed E-state index contributed by atoms with van der Waals surface area (Å²) in [6.45, 7) is 2.01. The molecule has 23 heavy (non-hydrogen) atoms. The molecule has 0 aliphatic carbocycles. The molecule has 0 unspecified atom stereocenters. The van der Waals surface area contributed by atoms with Gasteiger partial charge in [0.15, 0.2) is 10.1 Å². The molecule has 0 saturated heterocycles. The van der Waals surface area contributed by atoms with Crippen LogP contribution in [0.2, 0.25) is 5.15 Å². The number of halogens is 1. The van der Waals surface area contributed by atoms with Crippen LogP contribution < -0.4 is 10.1 Å². The summed E-state index contributed by atoms with van der Waals surface area (Å²) in [6, 6.07) is 5.48. The fourth-order valence-electron chi connectivity index (χ4n) is 2.65. The van der Waals surface area contributed by atoms with Gasteiger partial charge in [0, 0.05) is 22.3 Å². The maximum Gasteiger partial charge on any atom is 0.256 e. The second-order valence-electron chi connectivity index (χ2n) is 5.21. The van der Waals surface area contributed by atoms with Crippen molar-refractivity contribution in [1.29, 1.82) is 0 Å². The number of carbonyl (C=O) groups excluding carboxylic acids is 1. The first-order chi connectivity index (χ1) is 11.1. The number of ether oxygens (including phenoxy) is 1. The van der Waals surface area contributed by atoms with Gasteiger partial charge in [0.05, 0.1) is 18.4 Å². The normalized spacial score (nSPS) is 15.3. The van der Waals surface area contributed by atoms with Crippen LogP contribution >= 0.6 is 22.9 Å². The van der Waals surface area contributed by atoms with Crippen molar-refractivity contribution < 1.29 is 9.53 Å². The first-order valence-corrected chi connectivity index (χ1v) is 8.11. The Balaban J connectivity index is 1.91. The van der Waals surface area contributed by atoms with Crippen molar-refractivity contribution >= 4 is 51.1 Å². The van der Waals surface area contributed by atoms with Crippen LogP contribution in [-0.2, 0) is 4.79 Å². The number of carbonyl (C=O) groups is 1. The van der Waals surface area contributed by atoms with Crippen LogP contribution in [0.25, 0.3) is 16.6 Å². The minimum Gasteiger partial charge on any atom is -0.497 e. The summed E-state index contributed by atoms with van der Waals surface area (Å²) in [4.78, 5) is 18.6. The third kappa shape index (κ3) is 2.22. The van der Waals surface area contributed by atoms with Gasteiger partial charge in [-0.2, -0.15) is 0 Å². The number of thiazole rings is 1. The molecule has 116 valence electrons. The van der Waals surface area contributed by atoms with Gasteiger partial charge in [-0.1, -0.05) is 11.6 Å². The molecular weight excluding hydrogens is 334 g/mol. The predicted octanol–water partition coefficient (Wildman–Crippen LogP) is 3.86. The summed E-state index contributed by atoms with van der Waals surface area (Å²) >= 11 is 7.80. The van der Waals surface area contributed by atoms with Crippen molar-refractivity contribution in [2.24, 2.45) is 0 Å². The molecule has 1 N–H and O–H groups in total. The van der Waals surface area contributed by atoms with Gasteiger partial charge in [0.1, 0.15) is 5.75 Å². The van der Waals surface area contributed by atoms with Crippen LogP contribution in [0.5, 0.6) is 5.75 Å². The summed E-state index contributed by atoms with van der Waals surface area (Å²) < 4.78 is 7.15. The van der Waals surface area contributed by atoms with Crippen molar-refractivity contribution in [3.8, 4) is 5.75 Å². The molecule has 1 aliphatic rings. The number of hydrogen-bond donors (Lipinski definition) is 1. The molecule has 7 heteroatoms. The molecule has 0 atom stereocenters. The van der Waals surface area contributed by atoms with Gasteiger partial charge >= 0.3 is 0 Å². The second-order valence-corrected chi connectivity index (χ2v) is 6.78. The zero-order valence-electron chi connectivity index (χ0n) is 12.4. The Morgan fingerprint density at radius 1 is 1.43 bits per heavy atom. The summed E-state index contributed by atoms with van der Waals surface area (Å²) in [5, 5.41) is 3.23. The molecule has 3 heterocycles. The lowest BCUT2D eigenvalue weighted by Gasteiger charge is -2.03. The SMILES string of the molecule is COc1ccc2c(c1)/C(=C\c1c(Cl)nc3sc(C)cn13)C(=O)N2. The number of imidazole rings is 1. The summed E-state index contributed by atoms with van der Waals surface area (Å²) in [5.41, 5.74) is 2.81. The Morgan fingerprint density at radius 2 is 2.26 bits per heavy atom. The Morgan fingerprint density at radius 3 is 3.04 bits per heavy atom. The molecular formula is C16H12ClN3O2S. The van der Waals surface area contributed by atoms with E-state index in [4.69, 9.17) is 16.3 Å². The van der Waals surface area contributed by atoms with E-state index in [2.05, 4.69) is 10.3 Å². The van der Waals surface area contributed by atoms with Gasteiger partial charge in [-0.3, -0.25) is 9.20 Å². The van der Waals surface area contributed by atoms with E-state index in [0.29, 0.717) is 22.2 Å². The number of aryl methyl sites for hydroxylation is 1. The Bertz CT molecular complexity index is 987. The maximum atomic E-state index is 12.3. The molecule has 1 aliphatic heterocycles. The lowest BCUT2D eigenvalue weighted by molar-refractivity contribution is -0.110. The molecule has 0 bridgehead atoms. The topological polar surface area (TPSA) is 55.6 Å². The molecule has 1 aromatic carbocycles. The largest absolute Gasteiger partial charge is 0.497 e. The third-order valence-corrected chi connectivity index (χ3v) is 4.90. The summed E-state index contributed by atoms with van der Waals surface area (Å²) in [5.74, 6) is 0.535. The van der Waals surface area contributed by atoms with Crippen LogP contribution in [0.4, 0.5) is 5.69 Å². The van der Waals surface area contributed by atoms with Gasteiger partial charge in [0.25, 0.3) is 5.91 Å². The highest BCUT2D eigenvalue weighted by Gasteiger charge is 2.26. The van der Waals surface area contributed by atoms with E-state index in [-0.39, 0.29) is 5.91 Å². The number of nitrogens with one attached hydrogen (secondary N) is 1. The molecule has 0 fully saturated rings. The first kappa shape index (κ1) is 14.3. The highest BCUT2D eigenvalue weighted by Crippen LogP contribution is 2.37. The Kier molecular flexibility index (Phi) is 3.18. The number of anilines is 1. The standard InChI is InChI=1S/C16H12ClN3O2S/c1-8-7-20-13(14(17)19-16(20)23-8)6-11-10-5-9(22-2)3-4-12(10)18-15(11)21/h3-7H,1-2H3,(H,18,21)/b11-6+. The smallest absolute Gasteiger partial charge is 0.256 e. The Labute approximate surface area is 141 Å². The maximum absolute atomic E-state index is 12.3. The number of hydrogen-bond acceptors (Lipinski definition) is 4. The summed E-state index contributed by atoms with van der Waals surface area (Å²) in [6.07, 6.45) is 3.74. The predicted molar refractivity (Wildman–Crippen MR) is 92.3 cm³/mol. The van der Waals surface area contributed by atoms with Crippen LogP contribution in [0.1, 0.15) is 16.1 Å². The fourth-order valence-corrected chi connectivity index (χ4v) is 3.76. The number of methoxy groups -OCH3 is 1. The van der Waals surface area contributed by atoms with E-state index in [1.165, 1.54) is 0 Å². The van der Waals surface area contributed by atoms with Crippen LogP contribution in [0, 0.1) is 6.92 Å².